The number of thiocarbonyl (C=S) groups is 1. The first-order valence-corrected chi connectivity index (χ1v) is 6.97. The fourth-order valence-electron chi connectivity index (χ4n) is 1.82. The molecule has 4 heteroatoms. The van der Waals surface area contributed by atoms with Crippen LogP contribution in [0.1, 0.15) is 25.0 Å². The van der Waals surface area contributed by atoms with Gasteiger partial charge in [0.05, 0.1) is 11.4 Å². The van der Waals surface area contributed by atoms with E-state index in [0.29, 0.717) is 24.5 Å². The Morgan fingerprint density at radius 1 is 1.37 bits per heavy atom. The van der Waals surface area contributed by atoms with Gasteiger partial charge in [-0.3, -0.25) is 4.79 Å². The molecule has 1 aromatic carbocycles. The highest BCUT2D eigenvalue weighted by Crippen LogP contribution is 2.08. The maximum atomic E-state index is 12.2. The molecule has 1 aromatic rings. The zero-order valence-corrected chi connectivity index (χ0v) is 12.7. The summed E-state index contributed by atoms with van der Waals surface area (Å²) in [5.41, 5.74) is 7.84. The molecule has 1 atom stereocenters. The van der Waals surface area contributed by atoms with Crippen LogP contribution in [0.5, 0.6) is 0 Å². The van der Waals surface area contributed by atoms with Crippen LogP contribution in [-0.2, 0) is 11.2 Å². The summed E-state index contributed by atoms with van der Waals surface area (Å²) < 4.78 is 0. The average molecular weight is 278 g/mol. The van der Waals surface area contributed by atoms with Gasteiger partial charge in [0.15, 0.2) is 0 Å². The summed E-state index contributed by atoms with van der Waals surface area (Å²) >= 11 is 4.95. The van der Waals surface area contributed by atoms with Crippen molar-refractivity contribution in [3.05, 3.63) is 35.4 Å². The van der Waals surface area contributed by atoms with Gasteiger partial charge in [-0.25, -0.2) is 0 Å². The second-order valence-electron chi connectivity index (χ2n) is 4.90. The minimum absolute atomic E-state index is 0.0527. The Bertz CT molecular complexity index is 442. The lowest BCUT2D eigenvalue weighted by Gasteiger charge is -2.24. The zero-order valence-electron chi connectivity index (χ0n) is 11.8. The Kier molecular flexibility index (Phi) is 5.96. The van der Waals surface area contributed by atoms with E-state index < -0.39 is 0 Å². The van der Waals surface area contributed by atoms with E-state index in [1.54, 1.807) is 0 Å². The van der Waals surface area contributed by atoms with Crippen LogP contribution in [0, 0.1) is 12.8 Å². The molecular weight excluding hydrogens is 256 g/mol. The van der Waals surface area contributed by atoms with Gasteiger partial charge in [-0.1, -0.05) is 49.0 Å². The monoisotopic (exact) mass is 278 g/mol. The number of aryl methyl sites for hydroxylation is 1. The zero-order chi connectivity index (χ0) is 14.4. The quantitative estimate of drug-likeness (QED) is 0.812. The lowest BCUT2D eigenvalue weighted by atomic mass is 10.1. The van der Waals surface area contributed by atoms with Gasteiger partial charge in [0, 0.05) is 19.0 Å². The number of hydrogen-bond acceptors (Lipinski definition) is 2. The molecule has 0 aliphatic carbocycles. The van der Waals surface area contributed by atoms with E-state index in [9.17, 15) is 4.79 Å². The lowest BCUT2D eigenvalue weighted by Crippen LogP contribution is -2.38. The molecule has 1 rings (SSSR count). The highest BCUT2D eigenvalue weighted by molar-refractivity contribution is 7.80. The molecule has 2 N–H and O–H groups in total. The van der Waals surface area contributed by atoms with Crippen molar-refractivity contribution in [1.29, 1.82) is 0 Å². The van der Waals surface area contributed by atoms with E-state index in [1.165, 1.54) is 5.56 Å². The summed E-state index contributed by atoms with van der Waals surface area (Å²) in [5.74, 6) is 0.173. The molecule has 0 aliphatic rings. The number of nitrogens with zero attached hydrogens (tertiary/aromatic N) is 1. The maximum Gasteiger partial charge on any atom is 0.227 e. The number of nitrogens with two attached hydrogens (primary N) is 1. The molecule has 0 fully saturated rings. The van der Waals surface area contributed by atoms with Crippen molar-refractivity contribution in [3.8, 4) is 0 Å². The van der Waals surface area contributed by atoms with Crippen molar-refractivity contribution in [3.63, 3.8) is 0 Å². The average Bonchev–Trinajstić information content (AvgIpc) is 2.38. The van der Waals surface area contributed by atoms with Crippen LogP contribution < -0.4 is 5.73 Å². The number of carbonyl (C=O) groups excluding carboxylic acids is 1. The van der Waals surface area contributed by atoms with Gasteiger partial charge in [0.1, 0.15) is 0 Å². The molecule has 0 aromatic heterocycles. The molecule has 1 unspecified atom stereocenters. The first-order chi connectivity index (χ1) is 8.93. The molecule has 3 nitrogen and oxygen atoms in total. The topological polar surface area (TPSA) is 46.3 Å². The molecule has 0 aliphatic heterocycles. The smallest absolute Gasteiger partial charge is 0.227 e. The molecule has 0 radical (unpaired) electrons. The molecule has 0 saturated heterocycles. The maximum absolute atomic E-state index is 12.2. The molecule has 0 heterocycles. The molecule has 0 bridgehead atoms. The third-order valence-corrected chi connectivity index (χ3v) is 3.59. The summed E-state index contributed by atoms with van der Waals surface area (Å²) in [7, 11) is 0. The minimum atomic E-state index is 0.0527. The number of amides is 1. The van der Waals surface area contributed by atoms with Crippen LogP contribution in [-0.4, -0.2) is 28.9 Å². The third-order valence-electron chi connectivity index (χ3n) is 3.19. The van der Waals surface area contributed by atoms with Gasteiger partial charge in [-0.2, -0.15) is 0 Å². The Labute approximate surface area is 120 Å². The van der Waals surface area contributed by atoms with Gasteiger partial charge >= 0.3 is 0 Å². The van der Waals surface area contributed by atoms with Crippen LogP contribution in [0.15, 0.2) is 24.3 Å². The largest absolute Gasteiger partial charge is 0.393 e. The summed E-state index contributed by atoms with van der Waals surface area (Å²) in [6.07, 6.45) is 0.429. The van der Waals surface area contributed by atoms with Gasteiger partial charge in [-0.05, 0) is 19.4 Å². The molecule has 0 spiro atoms. The Balaban J connectivity index is 2.63. The summed E-state index contributed by atoms with van der Waals surface area (Å²) in [6, 6.07) is 8.04. The molecule has 104 valence electrons. The van der Waals surface area contributed by atoms with Crippen molar-refractivity contribution in [2.24, 2.45) is 11.7 Å². The second-order valence-corrected chi connectivity index (χ2v) is 5.37. The van der Waals surface area contributed by atoms with Crippen molar-refractivity contribution in [2.45, 2.75) is 27.2 Å². The van der Waals surface area contributed by atoms with Crippen LogP contribution in [0.4, 0.5) is 0 Å². The standard InChI is InChI=1S/C15H22N2OS/c1-4-17(10-12(3)15(16)19)14(18)9-13-7-5-11(2)6-8-13/h5-8,12H,4,9-10H2,1-3H3,(H2,16,19). The third kappa shape index (κ3) is 4.99. The highest BCUT2D eigenvalue weighted by Gasteiger charge is 2.16. The van der Waals surface area contributed by atoms with E-state index in [2.05, 4.69) is 0 Å². The number of likely N-dealkylation sites (N-methyl/N-ethyl adjacent to an activating group) is 1. The van der Waals surface area contributed by atoms with E-state index in [4.69, 9.17) is 18.0 Å². The molecule has 19 heavy (non-hydrogen) atoms. The molecule has 1 amide bonds. The predicted molar refractivity (Wildman–Crippen MR) is 83.1 cm³/mol. The second kappa shape index (κ2) is 7.24. The number of hydrogen-bond donors (Lipinski definition) is 1. The van der Waals surface area contributed by atoms with Crippen molar-refractivity contribution in [2.75, 3.05) is 13.1 Å². The number of carbonyl (C=O) groups is 1. The molecule has 0 saturated carbocycles. The first kappa shape index (κ1) is 15.6. The summed E-state index contributed by atoms with van der Waals surface area (Å²) in [5, 5.41) is 0. The fraction of sp³-hybridized carbons (Fsp3) is 0.467. The minimum Gasteiger partial charge on any atom is -0.393 e. The molecular formula is C15H22N2OS. The van der Waals surface area contributed by atoms with Gasteiger partial charge < -0.3 is 10.6 Å². The van der Waals surface area contributed by atoms with E-state index in [-0.39, 0.29) is 11.8 Å². The highest BCUT2D eigenvalue weighted by atomic mass is 32.1. The SMILES string of the molecule is CCN(CC(C)C(N)=S)C(=O)Cc1ccc(C)cc1. The number of rotatable bonds is 6. The van der Waals surface area contributed by atoms with Crippen LogP contribution in [0.2, 0.25) is 0 Å². The van der Waals surface area contributed by atoms with Crippen LogP contribution in [0.25, 0.3) is 0 Å². The van der Waals surface area contributed by atoms with Gasteiger partial charge in [-0.15, -0.1) is 0 Å². The normalized spacial score (nSPS) is 11.9. The van der Waals surface area contributed by atoms with Gasteiger partial charge in [0.25, 0.3) is 0 Å². The van der Waals surface area contributed by atoms with Gasteiger partial charge in [0.2, 0.25) is 5.91 Å². The lowest BCUT2D eigenvalue weighted by molar-refractivity contribution is -0.130. The Morgan fingerprint density at radius 2 is 1.95 bits per heavy atom. The van der Waals surface area contributed by atoms with Crippen LogP contribution >= 0.6 is 12.2 Å². The first-order valence-electron chi connectivity index (χ1n) is 6.56. The van der Waals surface area contributed by atoms with Crippen molar-refractivity contribution in [1.82, 2.24) is 4.90 Å². The van der Waals surface area contributed by atoms with E-state index in [0.717, 1.165) is 5.56 Å². The van der Waals surface area contributed by atoms with E-state index in [1.807, 2.05) is 49.9 Å². The predicted octanol–water partition coefficient (Wildman–Crippen LogP) is 2.31. The number of benzene rings is 1. The fourth-order valence-corrected chi connectivity index (χ4v) is 1.89. The Hall–Kier alpha value is -1.42. The van der Waals surface area contributed by atoms with Crippen molar-refractivity contribution >= 4 is 23.1 Å². The Morgan fingerprint density at radius 3 is 2.42 bits per heavy atom. The summed E-state index contributed by atoms with van der Waals surface area (Å²) in [4.78, 5) is 14.5. The summed E-state index contributed by atoms with van der Waals surface area (Å²) in [6.45, 7) is 7.23. The van der Waals surface area contributed by atoms with E-state index >= 15 is 0 Å². The van der Waals surface area contributed by atoms with Crippen molar-refractivity contribution < 1.29 is 4.79 Å². The van der Waals surface area contributed by atoms with Crippen LogP contribution in [0.3, 0.4) is 0 Å².